The summed E-state index contributed by atoms with van der Waals surface area (Å²) in [4.78, 5) is 23.7. The van der Waals surface area contributed by atoms with E-state index in [1.807, 2.05) is 6.92 Å². The molecule has 0 aromatic carbocycles. The van der Waals surface area contributed by atoms with Crippen LogP contribution in [0.2, 0.25) is 0 Å². The van der Waals surface area contributed by atoms with Gasteiger partial charge in [-0.2, -0.15) is 0 Å². The van der Waals surface area contributed by atoms with E-state index < -0.39 is 0 Å². The van der Waals surface area contributed by atoms with E-state index in [1.54, 1.807) is 19.9 Å². The largest absolute Gasteiger partial charge is 0.469 e. The lowest BCUT2D eigenvalue weighted by Crippen LogP contribution is -2.33. The highest BCUT2D eigenvalue weighted by atomic mass is 16.5. The van der Waals surface area contributed by atoms with Gasteiger partial charge < -0.3 is 19.6 Å². The van der Waals surface area contributed by atoms with Crippen molar-refractivity contribution in [2.45, 2.75) is 27.2 Å². The highest BCUT2D eigenvalue weighted by Crippen LogP contribution is 2.20. The summed E-state index contributed by atoms with van der Waals surface area (Å²) < 4.78 is 10.1. The predicted molar refractivity (Wildman–Crippen MR) is 75.0 cm³/mol. The Hall–Kier alpha value is -2.57. The van der Waals surface area contributed by atoms with Crippen LogP contribution in [-0.2, 0) is 11.2 Å². The van der Waals surface area contributed by atoms with E-state index >= 15 is 0 Å². The average Bonchev–Trinajstić information content (AvgIpc) is 3.03. The SMILES string of the molecule is CCc1onc(C)c1NC(=O)CNC(=O)c1ccoc1C. The van der Waals surface area contributed by atoms with Gasteiger partial charge in [0.1, 0.15) is 17.1 Å². The van der Waals surface area contributed by atoms with Crippen molar-refractivity contribution in [3.05, 3.63) is 35.1 Å². The molecular formula is C14H17N3O4. The third-order valence-electron chi connectivity index (χ3n) is 3.03. The van der Waals surface area contributed by atoms with Crippen molar-refractivity contribution in [2.24, 2.45) is 0 Å². The Morgan fingerprint density at radius 1 is 1.33 bits per heavy atom. The molecule has 2 rings (SSSR count). The fourth-order valence-electron chi connectivity index (χ4n) is 1.88. The third-order valence-corrected chi connectivity index (χ3v) is 3.03. The molecule has 0 radical (unpaired) electrons. The van der Waals surface area contributed by atoms with E-state index in [2.05, 4.69) is 15.8 Å². The van der Waals surface area contributed by atoms with Crippen LogP contribution in [0.15, 0.2) is 21.3 Å². The molecule has 0 fully saturated rings. The molecule has 7 heteroatoms. The maximum atomic E-state index is 11.9. The van der Waals surface area contributed by atoms with Crippen molar-refractivity contribution in [3.8, 4) is 0 Å². The van der Waals surface area contributed by atoms with Crippen molar-refractivity contribution in [2.75, 3.05) is 11.9 Å². The summed E-state index contributed by atoms with van der Waals surface area (Å²) in [6.45, 7) is 5.19. The van der Waals surface area contributed by atoms with Crippen molar-refractivity contribution in [1.29, 1.82) is 0 Å². The van der Waals surface area contributed by atoms with Crippen LogP contribution in [-0.4, -0.2) is 23.5 Å². The maximum Gasteiger partial charge on any atom is 0.255 e. The number of amides is 2. The summed E-state index contributed by atoms with van der Waals surface area (Å²) in [7, 11) is 0. The summed E-state index contributed by atoms with van der Waals surface area (Å²) in [5.74, 6) is 0.425. The van der Waals surface area contributed by atoms with Gasteiger partial charge in [0.2, 0.25) is 5.91 Å². The minimum absolute atomic E-state index is 0.142. The molecule has 0 saturated carbocycles. The Balaban J connectivity index is 1.92. The van der Waals surface area contributed by atoms with Gasteiger partial charge in [0.05, 0.1) is 18.4 Å². The van der Waals surface area contributed by atoms with Crippen molar-refractivity contribution in [1.82, 2.24) is 10.5 Å². The summed E-state index contributed by atoms with van der Waals surface area (Å²) >= 11 is 0. The molecule has 0 bridgehead atoms. The Labute approximate surface area is 121 Å². The minimum atomic E-state index is -0.353. The molecule has 2 aromatic rings. The molecule has 2 N–H and O–H groups in total. The molecule has 0 aliphatic carbocycles. The molecule has 112 valence electrons. The predicted octanol–water partition coefficient (Wildman–Crippen LogP) is 1.82. The fraction of sp³-hybridized carbons (Fsp3) is 0.357. The van der Waals surface area contributed by atoms with Crippen LogP contribution >= 0.6 is 0 Å². The molecule has 0 unspecified atom stereocenters. The molecular weight excluding hydrogens is 274 g/mol. The first-order valence-electron chi connectivity index (χ1n) is 6.60. The van der Waals surface area contributed by atoms with Gasteiger partial charge in [-0.05, 0) is 19.9 Å². The molecule has 0 spiro atoms. The fourth-order valence-corrected chi connectivity index (χ4v) is 1.88. The Morgan fingerprint density at radius 3 is 2.71 bits per heavy atom. The number of nitrogens with zero attached hydrogens (tertiary/aromatic N) is 1. The smallest absolute Gasteiger partial charge is 0.255 e. The van der Waals surface area contributed by atoms with Crippen LogP contribution < -0.4 is 10.6 Å². The van der Waals surface area contributed by atoms with Crippen LogP contribution in [0.4, 0.5) is 5.69 Å². The molecule has 2 amide bonds. The van der Waals surface area contributed by atoms with Gasteiger partial charge >= 0.3 is 0 Å². The lowest BCUT2D eigenvalue weighted by Gasteiger charge is -2.06. The number of hydrogen-bond acceptors (Lipinski definition) is 5. The molecule has 0 aliphatic rings. The number of rotatable bonds is 5. The first-order valence-corrected chi connectivity index (χ1v) is 6.60. The summed E-state index contributed by atoms with van der Waals surface area (Å²) in [5, 5.41) is 9.02. The summed E-state index contributed by atoms with van der Waals surface area (Å²) in [6, 6.07) is 1.56. The summed E-state index contributed by atoms with van der Waals surface area (Å²) in [6.07, 6.45) is 2.05. The molecule has 0 atom stereocenters. The lowest BCUT2D eigenvalue weighted by molar-refractivity contribution is -0.115. The third kappa shape index (κ3) is 3.31. The number of furan rings is 1. The van der Waals surface area contributed by atoms with Crippen molar-refractivity contribution >= 4 is 17.5 Å². The van der Waals surface area contributed by atoms with Crippen LogP contribution in [0.25, 0.3) is 0 Å². The Kier molecular flexibility index (Phi) is 4.42. The van der Waals surface area contributed by atoms with Gasteiger partial charge in [-0.1, -0.05) is 12.1 Å². The van der Waals surface area contributed by atoms with Gasteiger partial charge in [-0.3, -0.25) is 9.59 Å². The van der Waals surface area contributed by atoms with Gasteiger partial charge in [-0.15, -0.1) is 0 Å². The Morgan fingerprint density at radius 2 is 2.10 bits per heavy atom. The average molecular weight is 291 g/mol. The standard InChI is InChI=1S/C14H17N3O4/c1-4-11-13(8(2)17-21-11)16-12(18)7-15-14(19)10-5-6-20-9(10)3/h5-6H,4,7H2,1-3H3,(H,15,19)(H,16,18). The lowest BCUT2D eigenvalue weighted by atomic mass is 10.2. The molecule has 0 saturated heterocycles. The number of aryl methyl sites for hydroxylation is 3. The van der Waals surface area contributed by atoms with Gasteiger partial charge in [-0.25, -0.2) is 0 Å². The van der Waals surface area contributed by atoms with Crippen LogP contribution in [0.1, 0.15) is 34.5 Å². The summed E-state index contributed by atoms with van der Waals surface area (Å²) in [5.41, 5.74) is 1.59. The Bertz CT molecular complexity index is 657. The van der Waals surface area contributed by atoms with Crippen LogP contribution in [0.3, 0.4) is 0 Å². The van der Waals surface area contributed by atoms with Gasteiger partial charge in [0.15, 0.2) is 5.76 Å². The number of hydrogen-bond donors (Lipinski definition) is 2. The van der Waals surface area contributed by atoms with Crippen molar-refractivity contribution in [3.63, 3.8) is 0 Å². The zero-order valence-electron chi connectivity index (χ0n) is 12.1. The molecule has 2 heterocycles. The van der Waals surface area contributed by atoms with Crippen LogP contribution in [0.5, 0.6) is 0 Å². The second-order valence-electron chi connectivity index (χ2n) is 4.54. The highest BCUT2D eigenvalue weighted by molar-refractivity contribution is 6.00. The van der Waals surface area contributed by atoms with Gasteiger partial charge in [0.25, 0.3) is 5.91 Å². The number of anilines is 1. The maximum absolute atomic E-state index is 11.9. The molecule has 2 aromatic heterocycles. The van der Waals surface area contributed by atoms with E-state index in [0.717, 1.165) is 0 Å². The zero-order valence-corrected chi connectivity index (χ0v) is 12.1. The topological polar surface area (TPSA) is 97.4 Å². The highest BCUT2D eigenvalue weighted by Gasteiger charge is 2.16. The zero-order chi connectivity index (χ0) is 15.4. The van der Waals surface area contributed by atoms with Gasteiger partial charge in [0, 0.05) is 6.42 Å². The second kappa shape index (κ2) is 6.25. The number of carbonyl (C=O) groups is 2. The number of nitrogens with one attached hydrogen (secondary N) is 2. The van der Waals surface area contributed by atoms with E-state index in [0.29, 0.717) is 34.9 Å². The van der Waals surface area contributed by atoms with Crippen molar-refractivity contribution < 1.29 is 18.5 Å². The van der Waals surface area contributed by atoms with E-state index in [-0.39, 0.29) is 18.4 Å². The van der Waals surface area contributed by atoms with E-state index in [9.17, 15) is 9.59 Å². The van der Waals surface area contributed by atoms with Crippen LogP contribution in [0, 0.1) is 13.8 Å². The molecule has 7 nitrogen and oxygen atoms in total. The first-order chi connectivity index (χ1) is 10.0. The number of aromatic nitrogens is 1. The molecule has 21 heavy (non-hydrogen) atoms. The van der Waals surface area contributed by atoms with E-state index in [4.69, 9.17) is 8.94 Å². The normalized spacial score (nSPS) is 10.4. The molecule has 0 aliphatic heterocycles. The number of carbonyl (C=O) groups excluding carboxylic acids is 2. The minimum Gasteiger partial charge on any atom is -0.469 e. The first kappa shape index (κ1) is 14.8. The quantitative estimate of drug-likeness (QED) is 0.875. The monoisotopic (exact) mass is 291 g/mol. The second-order valence-corrected chi connectivity index (χ2v) is 4.54. The van der Waals surface area contributed by atoms with E-state index in [1.165, 1.54) is 6.26 Å².